The molecule has 0 saturated carbocycles. The number of hydrogen-bond acceptors (Lipinski definition) is 6. The van der Waals surface area contributed by atoms with E-state index in [1.165, 1.54) is 57.1 Å². The first-order chi connectivity index (χ1) is 13.4. The molecule has 2 heterocycles. The highest BCUT2D eigenvalue weighted by Crippen LogP contribution is 2.32. The molecule has 2 aromatic heterocycles. The van der Waals surface area contributed by atoms with Crippen molar-refractivity contribution in [2.75, 3.05) is 22.1 Å². The van der Waals surface area contributed by atoms with Gasteiger partial charge in [0.1, 0.15) is 5.82 Å². The van der Waals surface area contributed by atoms with Crippen molar-refractivity contribution in [3.05, 3.63) is 51.3 Å². The van der Waals surface area contributed by atoms with Crippen LogP contribution in [0.4, 0.5) is 15.2 Å². The van der Waals surface area contributed by atoms with Crippen LogP contribution in [0.1, 0.15) is 9.75 Å². The van der Waals surface area contributed by atoms with Gasteiger partial charge >= 0.3 is 0 Å². The Hall–Kier alpha value is -2.23. The average molecular weight is 436 g/mol. The highest BCUT2D eigenvalue weighted by molar-refractivity contribution is 8.00. The molecule has 3 aromatic rings. The van der Waals surface area contributed by atoms with E-state index in [4.69, 9.17) is 0 Å². The largest absolute Gasteiger partial charge is 0.325 e. The molecule has 5 nitrogen and oxygen atoms in total. The molecule has 0 fully saturated rings. The summed E-state index contributed by atoms with van der Waals surface area (Å²) >= 11 is 4.30. The molecule has 0 aliphatic rings. The van der Waals surface area contributed by atoms with Gasteiger partial charge in [0, 0.05) is 26.4 Å². The number of benzene rings is 1. The SMILES string of the molecule is Cc1cc(-c2csc(NC(=O)CSCC(=O)Nc3ccc(F)cc3)n2)c(C)s1. The van der Waals surface area contributed by atoms with Gasteiger partial charge in [-0.15, -0.1) is 34.4 Å². The predicted molar refractivity (Wildman–Crippen MR) is 116 cm³/mol. The number of nitrogens with one attached hydrogen (secondary N) is 2. The Labute approximate surface area is 174 Å². The van der Waals surface area contributed by atoms with Gasteiger partial charge in [-0.3, -0.25) is 9.59 Å². The predicted octanol–water partition coefficient (Wildman–Crippen LogP) is 4.94. The monoisotopic (exact) mass is 435 g/mol. The minimum absolute atomic E-state index is 0.126. The minimum Gasteiger partial charge on any atom is -0.325 e. The molecule has 0 bridgehead atoms. The fourth-order valence-electron chi connectivity index (χ4n) is 2.46. The van der Waals surface area contributed by atoms with E-state index in [0.29, 0.717) is 10.8 Å². The zero-order valence-electron chi connectivity index (χ0n) is 15.2. The number of halogens is 1. The molecule has 0 aliphatic carbocycles. The van der Waals surface area contributed by atoms with E-state index in [2.05, 4.69) is 35.5 Å². The Morgan fingerprint density at radius 3 is 2.43 bits per heavy atom. The quantitative estimate of drug-likeness (QED) is 0.552. The Balaban J connectivity index is 1.44. The smallest absolute Gasteiger partial charge is 0.236 e. The van der Waals surface area contributed by atoms with Crippen LogP contribution in [0.3, 0.4) is 0 Å². The van der Waals surface area contributed by atoms with Crippen LogP contribution in [0.2, 0.25) is 0 Å². The number of thioether (sulfide) groups is 1. The van der Waals surface area contributed by atoms with Crippen LogP contribution < -0.4 is 10.6 Å². The van der Waals surface area contributed by atoms with Gasteiger partial charge in [0.2, 0.25) is 11.8 Å². The van der Waals surface area contributed by atoms with Crippen molar-refractivity contribution in [3.8, 4) is 11.3 Å². The van der Waals surface area contributed by atoms with Crippen molar-refractivity contribution in [1.82, 2.24) is 4.98 Å². The third-order valence-corrected chi connectivity index (χ3v) is 6.32. The molecular weight excluding hydrogens is 417 g/mol. The first-order valence-corrected chi connectivity index (χ1v) is 11.2. The zero-order chi connectivity index (χ0) is 20.1. The molecule has 2 N–H and O–H groups in total. The highest BCUT2D eigenvalue weighted by Gasteiger charge is 2.12. The lowest BCUT2D eigenvalue weighted by atomic mass is 10.2. The molecule has 0 aliphatic heterocycles. The second-order valence-electron chi connectivity index (χ2n) is 5.96. The Morgan fingerprint density at radius 1 is 1.11 bits per heavy atom. The van der Waals surface area contributed by atoms with Crippen LogP contribution in [0.25, 0.3) is 11.3 Å². The van der Waals surface area contributed by atoms with Crippen LogP contribution in [0, 0.1) is 19.7 Å². The Bertz CT molecular complexity index is 983. The van der Waals surface area contributed by atoms with Gasteiger partial charge in [0.15, 0.2) is 5.13 Å². The summed E-state index contributed by atoms with van der Waals surface area (Å²) in [5.41, 5.74) is 2.46. The number of rotatable bonds is 7. The Kier molecular flexibility index (Phi) is 6.82. The summed E-state index contributed by atoms with van der Waals surface area (Å²) in [5.74, 6) is -0.550. The second-order valence-corrected chi connectivity index (χ2v) is 9.27. The molecule has 28 heavy (non-hydrogen) atoms. The van der Waals surface area contributed by atoms with E-state index in [1.807, 2.05) is 5.38 Å². The van der Waals surface area contributed by atoms with Crippen molar-refractivity contribution < 1.29 is 14.0 Å². The molecule has 0 spiro atoms. The summed E-state index contributed by atoms with van der Waals surface area (Å²) in [6.07, 6.45) is 0. The average Bonchev–Trinajstić information content (AvgIpc) is 3.22. The van der Waals surface area contributed by atoms with Gasteiger partial charge in [0.25, 0.3) is 0 Å². The lowest BCUT2D eigenvalue weighted by molar-refractivity contribution is -0.114. The molecule has 0 unspecified atom stereocenters. The van der Waals surface area contributed by atoms with Crippen molar-refractivity contribution >= 4 is 57.1 Å². The topological polar surface area (TPSA) is 71.1 Å². The fraction of sp³-hybridized carbons (Fsp3) is 0.211. The summed E-state index contributed by atoms with van der Waals surface area (Å²) in [7, 11) is 0. The lowest BCUT2D eigenvalue weighted by Crippen LogP contribution is -2.18. The molecule has 0 saturated heterocycles. The number of thiazole rings is 1. The molecule has 0 radical (unpaired) electrons. The van der Waals surface area contributed by atoms with Crippen molar-refractivity contribution in [2.24, 2.45) is 0 Å². The molecule has 0 atom stereocenters. The third kappa shape index (κ3) is 5.63. The number of aromatic nitrogens is 1. The molecule has 2 amide bonds. The zero-order valence-corrected chi connectivity index (χ0v) is 17.7. The summed E-state index contributed by atoms with van der Waals surface area (Å²) in [5, 5.41) is 7.88. The third-order valence-electron chi connectivity index (χ3n) is 3.66. The van der Waals surface area contributed by atoms with Gasteiger partial charge in [-0.2, -0.15) is 0 Å². The van der Waals surface area contributed by atoms with Crippen LogP contribution in [-0.4, -0.2) is 28.3 Å². The van der Waals surface area contributed by atoms with Crippen molar-refractivity contribution in [3.63, 3.8) is 0 Å². The number of anilines is 2. The van der Waals surface area contributed by atoms with Crippen molar-refractivity contribution in [2.45, 2.75) is 13.8 Å². The number of aryl methyl sites for hydroxylation is 2. The van der Waals surface area contributed by atoms with Crippen LogP contribution in [0.5, 0.6) is 0 Å². The summed E-state index contributed by atoms with van der Waals surface area (Å²) < 4.78 is 12.8. The first-order valence-electron chi connectivity index (χ1n) is 8.36. The fourth-order valence-corrected chi connectivity index (χ4v) is 4.74. The van der Waals surface area contributed by atoms with Gasteiger partial charge in [-0.05, 0) is 44.2 Å². The first kappa shape index (κ1) is 20.5. The maximum Gasteiger partial charge on any atom is 0.236 e. The number of nitrogens with zero attached hydrogens (tertiary/aromatic N) is 1. The van der Waals surface area contributed by atoms with Gasteiger partial charge in [-0.25, -0.2) is 9.37 Å². The summed E-state index contributed by atoms with van der Waals surface area (Å²) in [4.78, 5) is 30.8. The van der Waals surface area contributed by atoms with E-state index in [-0.39, 0.29) is 29.1 Å². The highest BCUT2D eigenvalue weighted by atomic mass is 32.2. The van der Waals surface area contributed by atoms with Crippen LogP contribution >= 0.6 is 34.4 Å². The van der Waals surface area contributed by atoms with E-state index in [0.717, 1.165) is 11.3 Å². The van der Waals surface area contributed by atoms with E-state index < -0.39 is 0 Å². The van der Waals surface area contributed by atoms with Gasteiger partial charge < -0.3 is 10.6 Å². The molecule has 146 valence electrons. The van der Waals surface area contributed by atoms with E-state index >= 15 is 0 Å². The maximum atomic E-state index is 12.8. The standard InChI is InChI=1S/C19H18FN3O2S3/c1-11-7-15(12(2)28-11)16-8-27-19(22-16)23-18(25)10-26-9-17(24)21-14-5-3-13(20)4-6-14/h3-8H,9-10H2,1-2H3,(H,21,24)(H,22,23,25). The summed E-state index contributed by atoms with van der Waals surface area (Å²) in [6, 6.07) is 7.62. The normalized spacial score (nSPS) is 10.7. The minimum atomic E-state index is -0.362. The number of thiophene rings is 1. The molecular formula is C19H18FN3O2S3. The van der Waals surface area contributed by atoms with Crippen LogP contribution in [0.15, 0.2) is 35.7 Å². The number of carbonyl (C=O) groups excluding carboxylic acids is 2. The number of amides is 2. The molecule has 1 aromatic carbocycles. The number of carbonyl (C=O) groups is 2. The van der Waals surface area contributed by atoms with Gasteiger partial charge in [0.05, 0.1) is 17.2 Å². The van der Waals surface area contributed by atoms with Crippen molar-refractivity contribution in [1.29, 1.82) is 0 Å². The van der Waals surface area contributed by atoms with Gasteiger partial charge in [-0.1, -0.05) is 0 Å². The van der Waals surface area contributed by atoms with E-state index in [9.17, 15) is 14.0 Å². The van der Waals surface area contributed by atoms with E-state index in [1.54, 1.807) is 11.3 Å². The lowest BCUT2D eigenvalue weighted by Gasteiger charge is -2.05. The second kappa shape index (κ2) is 9.31. The number of hydrogen-bond donors (Lipinski definition) is 2. The van der Waals surface area contributed by atoms with Crippen LogP contribution in [-0.2, 0) is 9.59 Å². The maximum absolute atomic E-state index is 12.8. The molecule has 9 heteroatoms. The Morgan fingerprint density at radius 2 is 1.79 bits per heavy atom. The molecule has 3 rings (SSSR count). The summed E-state index contributed by atoms with van der Waals surface area (Å²) in [6.45, 7) is 4.11.